The number of amides is 1. The first-order valence-electron chi connectivity index (χ1n) is 7.74. The molecule has 0 saturated carbocycles. The van der Waals surface area contributed by atoms with E-state index in [1.807, 2.05) is 17.0 Å². The van der Waals surface area contributed by atoms with Crippen molar-refractivity contribution in [2.45, 2.75) is 27.3 Å². The highest BCUT2D eigenvalue weighted by Crippen LogP contribution is 2.31. The van der Waals surface area contributed by atoms with Crippen LogP contribution in [-0.4, -0.2) is 47.0 Å². The molecule has 5 nitrogen and oxygen atoms in total. The highest BCUT2D eigenvalue weighted by atomic mass is 32.2. The van der Waals surface area contributed by atoms with Gasteiger partial charge < -0.3 is 9.64 Å². The van der Waals surface area contributed by atoms with Crippen molar-refractivity contribution >= 4 is 40.8 Å². The average Bonchev–Trinajstić information content (AvgIpc) is 3.30. The molecule has 1 aromatic carbocycles. The number of benzene rings is 1. The summed E-state index contributed by atoms with van der Waals surface area (Å²) < 4.78 is 6.95. The van der Waals surface area contributed by atoms with Gasteiger partial charge >= 0.3 is 0 Å². The fourth-order valence-corrected chi connectivity index (χ4v) is 5.24. The summed E-state index contributed by atoms with van der Waals surface area (Å²) in [6.45, 7) is 1.80. The first kappa shape index (κ1) is 17.6. The highest BCUT2D eigenvalue weighted by molar-refractivity contribution is 8.03. The molecule has 8 heteroatoms. The lowest BCUT2D eigenvalue weighted by Crippen LogP contribution is -2.29. The average molecular weight is 382 g/mol. The summed E-state index contributed by atoms with van der Waals surface area (Å²) in [6.07, 6.45) is 2.25. The number of carbonyl (C=O) groups excluding carboxylic acids is 1. The second-order valence-corrected chi connectivity index (χ2v) is 8.77. The summed E-state index contributed by atoms with van der Waals surface area (Å²) in [4.78, 5) is 14.0. The number of thioether (sulfide) groups is 2. The van der Waals surface area contributed by atoms with Crippen molar-refractivity contribution in [1.82, 2.24) is 15.1 Å². The SMILES string of the molecule is COc1ccc(CSc2nnc(SCC(=O)N3CCCC3)s2)cc1. The minimum atomic E-state index is 0.208. The van der Waals surface area contributed by atoms with Gasteiger partial charge in [0.25, 0.3) is 0 Å². The quantitative estimate of drug-likeness (QED) is 0.684. The molecule has 0 N–H and O–H groups in total. The molecule has 1 saturated heterocycles. The molecular formula is C16H19N3O2S3. The van der Waals surface area contributed by atoms with Gasteiger partial charge in [0.05, 0.1) is 12.9 Å². The number of nitrogens with zero attached hydrogens (tertiary/aromatic N) is 3. The lowest BCUT2D eigenvalue weighted by atomic mass is 10.2. The predicted molar refractivity (Wildman–Crippen MR) is 99.0 cm³/mol. The molecule has 24 heavy (non-hydrogen) atoms. The van der Waals surface area contributed by atoms with Gasteiger partial charge in [0.15, 0.2) is 8.68 Å². The van der Waals surface area contributed by atoms with Crippen LogP contribution in [0.2, 0.25) is 0 Å². The van der Waals surface area contributed by atoms with Crippen LogP contribution in [0.4, 0.5) is 0 Å². The monoisotopic (exact) mass is 381 g/mol. The Bertz CT molecular complexity index is 669. The maximum atomic E-state index is 12.0. The number of carbonyl (C=O) groups is 1. The maximum absolute atomic E-state index is 12.0. The number of rotatable bonds is 7. The zero-order valence-corrected chi connectivity index (χ0v) is 15.9. The maximum Gasteiger partial charge on any atom is 0.233 e. The Morgan fingerprint density at radius 3 is 2.50 bits per heavy atom. The van der Waals surface area contributed by atoms with Crippen LogP contribution in [0.1, 0.15) is 18.4 Å². The van der Waals surface area contributed by atoms with E-state index in [1.165, 1.54) is 17.3 Å². The summed E-state index contributed by atoms with van der Waals surface area (Å²) in [6, 6.07) is 8.02. The highest BCUT2D eigenvalue weighted by Gasteiger charge is 2.18. The first-order valence-corrected chi connectivity index (χ1v) is 10.5. The van der Waals surface area contributed by atoms with Gasteiger partial charge in [-0.15, -0.1) is 10.2 Å². The molecule has 1 aromatic heterocycles. The number of ether oxygens (including phenoxy) is 1. The number of hydrogen-bond acceptors (Lipinski definition) is 7. The summed E-state index contributed by atoms with van der Waals surface area (Å²) in [7, 11) is 1.67. The molecule has 1 amide bonds. The van der Waals surface area contributed by atoms with Crippen molar-refractivity contribution in [3.05, 3.63) is 29.8 Å². The van der Waals surface area contributed by atoms with Gasteiger partial charge in [-0.25, -0.2) is 0 Å². The van der Waals surface area contributed by atoms with Crippen molar-refractivity contribution in [2.24, 2.45) is 0 Å². The number of methoxy groups -OCH3 is 1. The van der Waals surface area contributed by atoms with Crippen molar-refractivity contribution in [1.29, 1.82) is 0 Å². The van der Waals surface area contributed by atoms with Crippen LogP contribution < -0.4 is 4.74 Å². The van der Waals surface area contributed by atoms with E-state index in [2.05, 4.69) is 22.3 Å². The van der Waals surface area contributed by atoms with E-state index < -0.39 is 0 Å². The number of aromatic nitrogens is 2. The van der Waals surface area contributed by atoms with Crippen molar-refractivity contribution in [2.75, 3.05) is 26.0 Å². The zero-order valence-electron chi connectivity index (χ0n) is 13.4. The van der Waals surface area contributed by atoms with Gasteiger partial charge in [0.2, 0.25) is 5.91 Å². The fraction of sp³-hybridized carbons (Fsp3) is 0.438. The molecule has 1 aliphatic rings. The lowest BCUT2D eigenvalue weighted by Gasteiger charge is -2.13. The van der Waals surface area contributed by atoms with Gasteiger partial charge in [0.1, 0.15) is 5.75 Å². The second kappa shape index (κ2) is 8.73. The molecule has 0 bridgehead atoms. The Labute approximate surface area is 154 Å². The van der Waals surface area contributed by atoms with Gasteiger partial charge in [-0.05, 0) is 30.5 Å². The molecule has 0 aliphatic carbocycles. The van der Waals surface area contributed by atoms with Crippen LogP contribution in [0.3, 0.4) is 0 Å². The summed E-state index contributed by atoms with van der Waals surface area (Å²) in [5.74, 6) is 2.37. The van der Waals surface area contributed by atoms with E-state index in [1.54, 1.807) is 30.2 Å². The lowest BCUT2D eigenvalue weighted by molar-refractivity contribution is -0.127. The summed E-state index contributed by atoms with van der Waals surface area (Å²) in [5.41, 5.74) is 1.22. The van der Waals surface area contributed by atoms with Gasteiger partial charge in [-0.2, -0.15) is 0 Å². The van der Waals surface area contributed by atoms with Crippen LogP contribution in [0.25, 0.3) is 0 Å². The smallest absolute Gasteiger partial charge is 0.233 e. The zero-order chi connectivity index (χ0) is 16.8. The molecule has 2 aromatic rings. The molecule has 0 radical (unpaired) electrons. The molecule has 2 heterocycles. The van der Waals surface area contributed by atoms with Crippen molar-refractivity contribution < 1.29 is 9.53 Å². The predicted octanol–water partition coefficient (Wildman–Crippen LogP) is 3.55. The topological polar surface area (TPSA) is 55.3 Å². The molecule has 0 atom stereocenters. The van der Waals surface area contributed by atoms with Crippen LogP contribution >= 0.6 is 34.9 Å². The summed E-state index contributed by atoms with van der Waals surface area (Å²) in [5, 5.41) is 8.38. The minimum Gasteiger partial charge on any atom is -0.497 e. The van der Waals surface area contributed by atoms with Crippen LogP contribution in [0.5, 0.6) is 5.75 Å². The molecule has 3 rings (SSSR count). The van der Waals surface area contributed by atoms with E-state index >= 15 is 0 Å². The van der Waals surface area contributed by atoms with E-state index in [0.29, 0.717) is 5.75 Å². The Kier molecular flexibility index (Phi) is 6.39. The van der Waals surface area contributed by atoms with Crippen LogP contribution in [0.15, 0.2) is 32.9 Å². The van der Waals surface area contributed by atoms with Gasteiger partial charge in [0, 0.05) is 18.8 Å². The fourth-order valence-electron chi connectivity index (χ4n) is 2.36. The Balaban J connectivity index is 1.45. The number of likely N-dealkylation sites (tertiary alicyclic amines) is 1. The Morgan fingerprint density at radius 2 is 1.83 bits per heavy atom. The Morgan fingerprint density at radius 1 is 1.17 bits per heavy atom. The molecule has 1 aliphatic heterocycles. The normalized spacial score (nSPS) is 14.1. The van der Waals surface area contributed by atoms with Crippen molar-refractivity contribution in [3.8, 4) is 5.75 Å². The minimum absolute atomic E-state index is 0.208. The van der Waals surface area contributed by atoms with Crippen LogP contribution in [0, 0.1) is 0 Å². The van der Waals surface area contributed by atoms with Crippen molar-refractivity contribution in [3.63, 3.8) is 0 Å². The van der Waals surface area contributed by atoms with Crippen LogP contribution in [-0.2, 0) is 10.5 Å². The Hall–Kier alpha value is -1.25. The van der Waals surface area contributed by atoms with E-state index in [-0.39, 0.29) is 5.91 Å². The van der Waals surface area contributed by atoms with Gasteiger partial charge in [-0.3, -0.25) is 4.79 Å². The summed E-state index contributed by atoms with van der Waals surface area (Å²) >= 11 is 4.70. The molecular weight excluding hydrogens is 362 g/mol. The van der Waals surface area contributed by atoms with E-state index in [9.17, 15) is 4.79 Å². The number of hydrogen-bond donors (Lipinski definition) is 0. The molecule has 1 fully saturated rings. The second-order valence-electron chi connectivity index (χ2n) is 5.35. The third kappa shape index (κ3) is 4.87. The molecule has 0 spiro atoms. The van der Waals surface area contributed by atoms with E-state index in [0.717, 1.165) is 46.1 Å². The third-order valence-electron chi connectivity index (χ3n) is 3.69. The van der Waals surface area contributed by atoms with E-state index in [4.69, 9.17) is 4.74 Å². The molecule has 128 valence electrons. The van der Waals surface area contributed by atoms with Gasteiger partial charge in [-0.1, -0.05) is 47.0 Å². The third-order valence-corrected chi connectivity index (χ3v) is 6.93. The molecule has 0 unspecified atom stereocenters. The largest absolute Gasteiger partial charge is 0.497 e. The first-order chi connectivity index (χ1) is 11.7. The standard InChI is InChI=1S/C16H19N3O2S3/c1-21-13-6-4-12(5-7-13)10-22-15-17-18-16(24-15)23-11-14(20)19-8-2-3-9-19/h4-7H,2-3,8-11H2,1H3.